The van der Waals surface area contributed by atoms with Gasteiger partial charge in [-0.1, -0.05) is 6.92 Å². The molecule has 0 saturated heterocycles. The minimum Gasteiger partial charge on any atom is -0.481 e. The summed E-state index contributed by atoms with van der Waals surface area (Å²) in [7, 11) is 1.83. The number of carboxylic acid groups (broad SMARTS) is 1. The van der Waals surface area contributed by atoms with Crippen molar-refractivity contribution in [3.63, 3.8) is 0 Å². The topological polar surface area (TPSA) is 96.2 Å². The molecular formula is C12H20N4O3. The third-order valence-corrected chi connectivity index (χ3v) is 3.03. The van der Waals surface area contributed by atoms with Gasteiger partial charge in [0.15, 0.2) is 0 Å². The first-order chi connectivity index (χ1) is 8.93. The molecule has 0 aromatic carbocycles. The lowest BCUT2D eigenvalue weighted by Crippen LogP contribution is -2.42. The molecule has 3 N–H and O–H groups in total. The number of aliphatic carboxylic acids is 1. The molecule has 1 atom stereocenters. The van der Waals surface area contributed by atoms with E-state index in [-0.39, 0.29) is 18.5 Å². The summed E-state index contributed by atoms with van der Waals surface area (Å²) in [4.78, 5) is 22.2. The van der Waals surface area contributed by atoms with Gasteiger partial charge in [0.2, 0.25) is 0 Å². The van der Waals surface area contributed by atoms with E-state index in [0.717, 1.165) is 11.3 Å². The van der Waals surface area contributed by atoms with E-state index in [9.17, 15) is 9.59 Å². The molecule has 106 valence electrons. The zero-order valence-corrected chi connectivity index (χ0v) is 11.4. The van der Waals surface area contributed by atoms with E-state index in [1.807, 2.05) is 20.9 Å². The van der Waals surface area contributed by atoms with Gasteiger partial charge in [-0.05, 0) is 13.3 Å². The van der Waals surface area contributed by atoms with E-state index in [0.29, 0.717) is 13.0 Å². The molecule has 1 unspecified atom stereocenters. The second kappa shape index (κ2) is 6.77. The molecular weight excluding hydrogens is 248 g/mol. The summed E-state index contributed by atoms with van der Waals surface area (Å²) in [6, 6.07) is -0.719. The molecule has 0 aliphatic rings. The average molecular weight is 268 g/mol. The predicted molar refractivity (Wildman–Crippen MR) is 69.6 cm³/mol. The number of carboxylic acids is 1. The largest absolute Gasteiger partial charge is 0.481 e. The number of urea groups is 1. The Morgan fingerprint density at radius 3 is 2.68 bits per heavy atom. The van der Waals surface area contributed by atoms with E-state index in [4.69, 9.17) is 5.11 Å². The van der Waals surface area contributed by atoms with Crippen molar-refractivity contribution in [2.24, 2.45) is 7.05 Å². The van der Waals surface area contributed by atoms with Crippen molar-refractivity contribution in [3.05, 3.63) is 17.5 Å². The quantitative estimate of drug-likeness (QED) is 0.710. The Kier molecular flexibility index (Phi) is 5.35. The number of carbonyl (C=O) groups excluding carboxylic acids is 1. The maximum atomic E-state index is 11.6. The molecule has 1 aromatic heterocycles. The van der Waals surface area contributed by atoms with Crippen molar-refractivity contribution in [3.8, 4) is 0 Å². The summed E-state index contributed by atoms with van der Waals surface area (Å²) in [6.07, 6.45) is 2.20. The Morgan fingerprint density at radius 2 is 2.21 bits per heavy atom. The number of aromatic nitrogens is 2. The summed E-state index contributed by atoms with van der Waals surface area (Å²) in [6.45, 7) is 4.12. The molecule has 7 nitrogen and oxygen atoms in total. The molecule has 0 aliphatic carbocycles. The molecule has 2 amide bonds. The number of nitrogens with zero attached hydrogens (tertiary/aromatic N) is 2. The van der Waals surface area contributed by atoms with Gasteiger partial charge in [-0.2, -0.15) is 5.10 Å². The van der Waals surface area contributed by atoms with Crippen molar-refractivity contribution in [1.29, 1.82) is 0 Å². The van der Waals surface area contributed by atoms with Crippen molar-refractivity contribution in [1.82, 2.24) is 20.4 Å². The number of nitrogens with one attached hydrogen (secondary N) is 2. The number of hydrogen-bond acceptors (Lipinski definition) is 3. The van der Waals surface area contributed by atoms with Crippen LogP contribution in [0.2, 0.25) is 0 Å². The predicted octanol–water partition coefficient (Wildman–Crippen LogP) is 0.781. The van der Waals surface area contributed by atoms with E-state index in [1.54, 1.807) is 10.9 Å². The molecule has 0 spiro atoms. The van der Waals surface area contributed by atoms with Gasteiger partial charge in [-0.3, -0.25) is 9.48 Å². The van der Waals surface area contributed by atoms with E-state index in [1.165, 1.54) is 0 Å². The lowest BCUT2D eigenvalue weighted by atomic mass is 10.1. The van der Waals surface area contributed by atoms with Gasteiger partial charge in [0.05, 0.1) is 12.6 Å². The highest BCUT2D eigenvalue weighted by Gasteiger charge is 2.14. The Morgan fingerprint density at radius 1 is 1.53 bits per heavy atom. The van der Waals surface area contributed by atoms with Crippen molar-refractivity contribution >= 4 is 12.0 Å². The molecule has 1 rings (SSSR count). The first kappa shape index (κ1) is 15.0. The summed E-state index contributed by atoms with van der Waals surface area (Å²) in [5.41, 5.74) is 1.92. The highest BCUT2D eigenvalue weighted by Crippen LogP contribution is 2.04. The van der Waals surface area contributed by atoms with Gasteiger partial charge in [0.1, 0.15) is 0 Å². The fourth-order valence-corrected chi connectivity index (χ4v) is 1.64. The van der Waals surface area contributed by atoms with Crippen LogP contribution in [0.1, 0.15) is 31.0 Å². The van der Waals surface area contributed by atoms with Gasteiger partial charge in [-0.25, -0.2) is 4.79 Å². The molecule has 0 fully saturated rings. The lowest BCUT2D eigenvalue weighted by Gasteiger charge is -2.15. The van der Waals surface area contributed by atoms with Crippen LogP contribution in [0.4, 0.5) is 4.79 Å². The van der Waals surface area contributed by atoms with Crippen LogP contribution in [0.15, 0.2) is 6.20 Å². The SMILES string of the molecule is CCC(CC(=O)O)NC(=O)NCc1cnn(C)c1C. The van der Waals surface area contributed by atoms with Crippen LogP contribution in [-0.4, -0.2) is 32.9 Å². The van der Waals surface area contributed by atoms with E-state index in [2.05, 4.69) is 15.7 Å². The highest BCUT2D eigenvalue weighted by molar-refractivity contribution is 5.75. The zero-order chi connectivity index (χ0) is 14.4. The molecule has 1 heterocycles. The van der Waals surface area contributed by atoms with Crippen LogP contribution in [-0.2, 0) is 18.4 Å². The molecule has 0 aliphatic heterocycles. The first-order valence-corrected chi connectivity index (χ1v) is 6.17. The normalized spacial score (nSPS) is 11.9. The molecule has 0 saturated carbocycles. The van der Waals surface area contributed by atoms with Crippen LogP contribution in [0, 0.1) is 6.92 Å². The fraction of sp³-hybridized carbons (Fsp3) is 0.583. The molecule has 0 bridgehead atoms. The third kappa shape index (κ3) is 4.61. The van der Waals surface area contributed by atoms with E-state index >= 15 is 0 Å². The number of rotatable bonds is 6. The Balaban J connectivity index is 2.43. The monoisotopic (exact) mass is 268 g/mol. The van der Waals surface area contributed by atoms with Crippen molar-refractivity contribution < 1.29 is 14.7 Å². The van der Waals surface area contributed by atoms with Crippen LogP contribution < -0.4 is 10.6 Å². The smallest absolute Gasteiger partial charge is 0.315 e. The summed E-state index contributed by atoms with van der Waals surface area (Å²) in [5, 5.41) is 18.1. The van der Waals surface area contributed by atoms with E-state index < -0.39 is 5.97 Å². The fourth-order valence-electron chi connectivity index (χ4n) is 1.64. The molecule has 19 heavy (non-hydrogen) atoms. The number of carbonyl (C=O) groups is 2. The molecule has 1 aromatic rings. The third-order valence-electron chi connectivity index (χ3n) is 3.03. The maximum absolute atomic E-state index is 11.6. The van der Waals surface area contributed by atoms with Crippen molar-refractivity contribution in [2.75, 3.05) is 0 Å². The minimum absolute atomic E-state index is 0.0736. The lowest BCUT2D eigenvalue weighted by molar-refractivity contribution is -0.137. The van der Waals surface area contributed by atoms with Gasteiger partial charge in [0.25, 0.3) is 0 Å². The van der Waals surface area contributed by atoms with Gasteiger partial charge in [0, 0.05) is 30.9 Å². The first-order valence-electron chi connectivity index (χ1n) is 6.17. The Hall–Kier alpha value is -2.05. The number of hydrogen-bond donors (Lipinski definition) is 3. The Bertz CT molecular complexity index is 456. The molecule has 7 heteroatoms. The molecule has 0 radical (unpaired) electrons. The van der Waals surface area contributed by atoms with Crippen LogP contribution in [0.25, 0.3) is 0 Å². The standard InChI is InChI=1S/C12H20N4O3/c1-4-10(5-11(17)18)15-12(19)13-6-9-7-14-16(3)8(9)2/h7,10H,4-6H2,1-3H3,(H,17,18)(H2,13,15,19). The maximum Gasteiger partial charge on any atom is 0.315 e. The van der Waals surface area contributed by atoms with Crippen LogP contribution in [0.3, 0.4) is 0 Å². The van der Waals surface area contributed by atoms with Crippen LogP contribution >= 0.6 is 0 Å². The van der Waals surface area contributed by atoms with Crippen LogP contribution in [0.5, 0.6) is 0 Å². The van der Waals surface area contributed by atoms with Gasteiger partial charge < -0.3 is 15.7 Å². The van der Waals surface area contributed by atoms with Gasteiger partial charge >= 0.3 is 12.0 Å². The number of amides is 2. The van der Waals surface area contributed by atoms with Crippen molar-refractivity contribution in [2.45, 2.75) is 39.3 Å². The summed E-state index contributed by atoms with van der Waals surface area (Å²) >= 11 is 0. The average Bonchev–Trinajstić information content (AvgIpc) is 2.66. The minimum atomic E-state index is -0.921. The zero-order valence-electron chi connectivity index (χ0n) is 11.4. The highest BCUT2D eigenvalue weighted by atomic mass is 16.4. The second-order valence-corrected chi connectivity index (χ2v) is 4.41. The number of aryl methyl sites for hydroxylation is 1. The second-order valence-electron chi connectivity index (χ2n) is 4.41. The Labute approximate surface area is 112 Å². The summed E-state index contributed by atoms with van der Waals surface area (Å²) in [5.74, 6) is -0.921. The van der Waals surface area contributed by atoms with Gasteiger partial charge in [-0.15, -0.1) is 0 Å². The summed E-state index contributed by atoms with van der Waals surface area (Å²) < 4.78 is 1.73.